The SMILES string of the molecule is CC(C)c1ccc(OCC(=O)NNC(S)NC(=O)c2ccco2)cc1. The summed E-state index contributed by atoms with van der Waals surface area (Å²) in [5.74, 6) is 0.339. The van der Waals surface area contributed by atoms with Crippen molar-refractivity contribution in [2.45, 2.75) is 25.3 Å². The van der Waals surface area contributed by atoms with Crippen molar-refractivity contribution in [3.63, 3.8) is 0 Å². The highest BCUT2D eigenvalue weighted by Crippen LogP contribution is 2.18. The van der Waals surface area contributed by atoms with Gasteiger partial charge in [0.1, 0.15) is 11.2 Å². The Labute approximate surface area is 151 Å². The van der Waals surface area contributed by atoms with Gasteiger partial charge in [-0.25, -0.2) is 5.43 Å². The van der Waals surface area contributed by atoms with Crippen LogP contribution in [0.5, 0.6) is 5.75 Å². The number of rotatable bonds is 8. The van der Waals surface area contributed by atoms with E-state index in [0.29, 0.717) is 11.7 Å². The molecule has 8 heteroatoms. The summed E-state index contributed by atoms with van der Waals surface area (Å²) in [6, 6.07) is 10.7. The molecule has 25 heavy (non-hydrogen) atoms. The average Bonchev–Trinajstić information content (AvgIpc) is 3.13. The van der Waals surface area contributed by atoms with E-state index in [4.69, 9.17) is 9.15 Å². The molecule has 1 unspecified atom stereocenters. The zero-order valence-corrected chi connectivity index (χ0v) is 14.9. The largest absolute Gasteiger partial charge is 0.484 e. The van der Waals surface area contributed by atoms with Crippen molar-refractivity contribution in [2.75, 3.05) is 6.61 Å². The van der Waals surface area contributed by atoms with Gasteiger partial charge in [-0.2, -0.15) is 0 Å². The summed E-state index contributed by atoms with van der Waals surface area (Å²) >= 11 is 4.10. The average molecular weight is 363 g/mol. The molecule has 134 valence electrons. The van der Waals surface area contributed by atoms with Gasteiger partial charge in [-0.1, -0.05) is 26.0 Å². The van der Waals surface area contributed by atoms with Crippen LogP contribution in [0.2, 0.25) is 0 Å². The Balaban J connectivity index is 1.68. The Hall–Kier alpha value is -2.45. The lowest BCUT2D eigenvalue weighted by molar-refractivity contribution is -0.124. The standard InChI is InChI=1S/C17H21N3O4S/c1-11(2)12-5-7-13(8-6-12)24-10-15(21)19-20-17(25)18-16(22)14-4-3-9-23-14/h3-9,11,17,20,25H,10H2,1-2H3,(H,18,22)(H,19,21). The van der Waals surface area contributed by atoms with E-state index in [2.05, 4.69) is 42.6 Å². The normalized spacial score (nSPS) is 11.8. The minimum absolute atomic E-state index is 0.153. The number of hydrazine groups is 1. The number of hydrogen-bond acceptors (Lipinski definition) is 6. The molecule has 2 aromatic rings. The van der Waals surface area contributed by atoms with Crippen molar-refractivity contribution < 1.29 is 18.7 Å². The number of hydrogen-bond donors (Lipinski definition) is 4. The van der Waals surface area contributed by atoms with Crippen LogP contribution in [-0.2, 0) is 4.79 Å². The van der Waals surface area contributed by atoms with Gasteiger partial charge in [-0.05, 0) is 35.7 Å². The number of nitrogens with one attached hydrogen (secondary N) is 3. The van der Waals surface area contributed by atoms with Crippen LogP contribution < -0.4 is 20.9 Å². The Morgan fingerprint density at radius 3 is 2.52 bits per heavy atom. The van der Waals surface area contributed by atoms with Crippen LogP contribution in [0, 0.1) is 0 Å². The second kappa shape index (κ2) is 9.14. The van der Waals surface area contributed by atoms with Crippen molar-refractivity contribution in [3.8, 4) is 5.75 Å². The molecule has 1 aromatic heterocycles. The molecule has 0 aliphatic carbocycles. The first-order valence-electron chi connectivity index (χ1n) is 7.75. The summed E-state index contributed by atoms with van der Waals surface area (Å²) in [7, 11) is 0. The highest BCUT2D eigenvalue weighted by molar-refractivity contribution is 7.80. The van der Waals surface area contributed by atoms with Gasteiger partial charge in [-0.15, -0.1) is 12.6 Å². The second-order valence-corrected chi connectivity index (χ2v) is 6.07. The zero-order valence-electron chi connectivity index (χ0n) is 14.0. The molecule has 7 nitrogen and oxygen atoms in total. The topological polar surface area (TPSA) is 92.6 Å². The van der Waals surface area contributed by atoms with E-state index in [1.807, 2.05) is 24.3 Å². The Bertz CT molecular complexity index is 686. The van der Waals surface area contributed by atoms with Crippen LogP contribution in [0.3, 0.4) is 0 Å². The summed E-state index contributed by atoms with van der Waals surface area (Å²) in [4.78, 5) is 23.5. The number of thiol groups is 1. The summed E-state index contributed by atoms with van der Waals surface area (Å²) in [5.41, 5.74) is 5.36. The lowest BCUT2D eigenvalue weighted by atomic mass is 10.0. The highest BCUT2D eigenvalue weighted by atomic mass is 32.1. The van der Waals surface area contributed by atoms with Crippen molar-refractivity contribution in [2.24, 2.45) is 0 Å². The summed E-state index contributed by atoms with van der Waals surface area (Å²) in [6.45, 7) is 4.04. The fourth-order valence-corrected chi connectivity index (χ4v) is 2.10. The molecule has 0 bridgehead atoms. The minimum atomic E-state index is -0.785. The van der Waals surface area contributed by atoms with E-state index in [1.54, 1.807) is 6.07 Å². The molecule has 3 N–H and O–H groups in total. The van der Waals surface area contributed by atoms with Crippen LogP contribution in [0.1, 0.15) is 35.9 Å². The van der Waals surface area contributed by atoms with Crippen LogP contribution in [0.15, 0.2) is 47.1 Å². The maximum absolute atomic E-state index is 11.7. The van der Waals surface area contributed by atoms with Crippen LogP contribution in [0.4, 0.5) is 0 Å². The number of amides is 2. The Kier molecular flexibility index (Phi) is 6.91. The first kappa shape index (κ1) is 18.9. The van der Waals surface area contributed by atoms with Gasteiger partial charge in [0.05, 0.1) is 6.26 Å². The predicted octanol–water partition coefficient (Wildman–Crippen LogP) is 2.05. The second-order valence-electron chi connectivity index (χ2n) is 5.56. The van der Waals surface area contributed by atoms with Gasteiger partial charge in [-0.3, -0.25) is 15.0 Å². The maximum Gasteiger partial charge on any atom is 0.288 e. The van der Waals surface area contributed by atoms with Gasteiger partial charge in [0, 0.05) is 0 Å². The molecule has 1 aromatic carbocycles. The molecule has 0 saturated heterocycles. The van der Waals surface area contributed by atoms with Gasteiger partial charge in [0.15, 0.2) is 12.4 Å². The smallest absolute Gasteiger partial charge is 0.288 e. The van der Waals surface area contributed by atoms with E-state index in [1.165, 1.54) is 17.9 Å². The van der Waals surface area contributed by atoms with E-state index >= 15 is 0 Å². The molecule has 2 amide bonds. The lowest BCUT2D eigenvalue weighted by Crippen LogP contribution is -2.51. The third kappa shape index (κ3) is 6.17. The number of carbonyl (C=O) groups is 2. The lowest BCUT2D eigenvalue weighted by Gasteiger charge is -2.15. The summed E-state index contributed by atoms with van der Waals surface area (Å²) < 4.78 is 10.3. The molecule has 1 heterocycles. The fourth-order valence-electron chi connectivity index (χ4n) is 1.92. The van der Waals surface area contributed by atoms with Crippen LogP contribution >= 0.6 is 12.6 Å². The zero-order chi connectivity index (χ0) is 18.2. The van der Waals surface area contributed by atoms with Gasteiger partial charge in [0.25, 0.3) is 11.8 Å². The molecule has 0 aliphatic heterocycles. The van der Waals surface area contributed by atoms with Crippen molar-refractivity contribution in [1.29, 1.82) is 0 Å². The van der Waals surface area contributed by atoms with Crippen molar-refractivity contribution >= 4 is 24.4 Å². The first-order valence-corrected chi connectivity index (χ1v) is 8.27. The van der Waals surface area contributed by atoms with Gasteiger partial charge in [0.2, 0.25) is 0 Å². The monoisotopic (exact) mass is 363 g/mol. The fraction of sp³-hybridized carbons (Fsp3) is 0.294. The summed E-state index contributed by atoms with van der Waals surface area (Å²) in [6.07, 6.45) is 1.39. The molecule has 1 atom stereocenters. The molecule has 2 rings (SSSR count). The van der Waals surface area contributed by atoms with Gasteiger partial charge >= 0.3 is 0 Å². The number of benzene rings is 1. The third-order valence-electron chi connectivity index (χ3n) is 3.28. The van der Waals surface area contributed by atoms with E-state index in [9.17, 15) is 9.59 Å². The number of furan rings is 1. The molecule has 0 aliphatic rings. The number of carbonyl (C=O) groups excluding carboxylic acids is 2. The van der Waals surface area contributed by atoms with E-state index in [-0.39, 0.29) is 12.4 Å². The van der Waals surface area contributed by atoms with Crippen molar-refractivity contribution in [3.05, 3.63) is 54.0 Å². The third-order valence-corrected chi connectivity index (χ3v) is 3.54. The first-order chi connectivity index (χ1) is 12.0. The highest BCUT2D eigenvalue weighted by Gasteiger charge is 2.13. The maximum atomic E-state index is 11.7. The van der Waals surface area contributed by atoms with E-state index < -0.39 is 17.3 Å². The summed E-state index contributed by atoms with van der Waals surface area (Å²) in [5, 5.41) is 2.49. The van der Waals surface area contributed by atoms with Crippen LogP contribution in [-0.4, -0.2) is 23.9 Å². The predicted molar refractivity (Wildman–Crippen MR) is 96.3 cm³/mol. The Morgan fingerprint density at radius 1 is 1.20 bits per heavy atom. The molecule has 0 fully saturated rings. The molecule has 0 saturated carbocycles. The molecule has 0 radical (unpaired) electrons. The van der Waals surface area contributed by atoms with Crippen molar-refractivity contribution in [1.82, 2.24) is 16.2 Å². The molecular formula is C17H21N3O4S. The molecule has 0 spiro atoms. The molecular weight excluding hydrogens is 342 g/mol. The van der Waals surface area contributed by atoms with E-state index in [0.717, 1.165) is 0 Å². The van der Waals surface area contributed by atoms with Gasteiger partial charge < -0.3 is 14.5 Å². The minimum Gasteiger partial charge on any atom is -0.484 e. The number of ether oxygens (including phenoxy) is 1. The quantitative estimate of drug-likeness (QED) is 0.327. The van der Waals surface area contributed by atoms with Crippen LogP contribution in [0.25, 0.3) is 0 Å². The Morgan fingerprint density at radius 2 is 1.92 bits per heavy atom.